The first-order chi connectivity index (χ1) is 14.1. The lowest BCUT2D eigenvalue weighted by atomic mass is 10.2. The summed E-state index contributed by atoms with van der Waals surface area (Å²) >= 11 is 0. The van der Waals surface area contributed by atoms with Crippen LogP contribution in [0.3, 0.4) is 0 Å². The van der Waals surface area contributed by atoms with Crippen molar-refractivity contribution < 1.29 is 9.53 Å². The van der Waals surface area contributed by atoms with E-state index in [1.165, 1.54) is 0 Å². The topological polar surface area (TPSA) is 71.8 Å². The van der Waals surface area contributed by atoms with Crippen LogP contribution >= 0.6 is 0 Å². The van der Waals surface area contributed by atoms with Crippen molar-refractivity contribution in [3.63, 3.8) is 0 Å². The monoisotopic (exact) mass is 389 g/mol. The Kier molecular flexibility index (Phi) is 5.03. The summed E-state index contributed by atoms with van der Waals surface area (Å²) in [5.41, 5.74) is 3.27. The van der Waals surface area contributed by atoms with Crippen LogP contribution in [0.2, 0.25) is 0 Å². The first kappa shape index (κ1) is 18.7. The van der Waals surface area contributed by atoms with Gasteiger partial charge in [-0.05, 0) is 38.1 Å². The van der Waals surface area contributed by atoms with Gasteiger partial charge in [-0.15, -0.1) is 0 Å². The number of fused-ring (bicyclic) bond motifs is 3. The number of rotatable bonds is 6. The van der Waals surface area contributed by atoms with Crippen molar-refractivity contribution in [3.8, 4) is 5.75 Å². The molecule has 2 aromatic carbocycles. The van der Waals surface area contributed by atoms with Gasteiger partial charge < -0.3 is 15.0 Å². The van der Waals surface area contributed by atoms with Crippen LogP contribution in [0.15, 0.2) is 54.6 Å². The third-order valence-electron chi connectivity index (χ3n) is 4.80. The molecular weight excluding hydrogens is 366 g/mol. The van der Waals surface area contributed by atoms with Crippen molar-refractivity contribution in [2.75, 3.05) is 30.4 Å². The fourth-order valence-corrected chi connectivity index (χ4v) is 3.45. The van der Waals surface area contributed by atoms with Gasteiger partial charge in [0.1, 0.15) is 11.6 Å². The predicted molar refractivity (Wildman–Crippen MR) is 115 cm³/mol. The van der Waals surface area contributed by atoms with Crippen LogP contribution in [0.5, 0.6) is 5.75 Å². The van der Waals surface area contributed by atoms with E-state index in [-0.39, 0.29) is 12.5 Å². The lowest BCUT2D eigenvalue weighted by Gasteiger charge is -2.23. The average Bonchev–Trinajstić information content (AvgIpc) is 3.12. The highest BCUT2D eigenvalue weighted by molar-refractivity contribution is 5.98. The van der Waals surface area contributed by atoms with Crippen LogP contribution < -0.4 is 15.0 Å². The summed E-state index contributed by atoms with van der Waals surface area (Å²) in [6.07, 6.45) is 0. The molecule has 0 unspecified atom stereocenters. The second-order valence-corrected chi connectivity index (χ2v) is 6.77. The van der Waals surface area contributed by atoms with E-state index < -0.39 is 0 Å². The summed E-state index contributed by atoms with van der Waals surface area (Å²) in [4.78, 5) is 19.6. The number of anilines is 2. The molecule has 2 aromatic heterocycles. The van der Waals surface area contributed by atoms with Crippen LogP contribution in [-0.2, 0) is 4.79 Å². The molecule has 7 nitrogen and oxygen atoms in total. The highest BCUT2D eigenvalue weighted by Crippen LogP contribution is 2.27. The molecule has 1 N–H and O–H groups in total. The molecule has 0 aliphatic carbocycles. The van der Waals surface area contributed by atoms with Crippen molar-refractivity contribution in [1.29, 1.82) is 0 Å². The van der Waals surface area contributed by atoms with Crippen LogP contribution in [0, 0.1) is 6.92 Å². The number of aromatic nitrogens is 3. The molecule has 0 bridgehead atoms. The molecule has 7 heteroatoms. The van der Waals surface area contributed by atoms with Gasteiger partial charge in [-0.1, -0.05) is 24.3 Å². The molecule has 0 saturated carbocycles. The number of nitrogens with one attached hydrogen (secondary N) is 1. The summed E-state index contributed by atoms with van der Waals surface area (Å²) in [6, 6.07) is 17.3. The van der Waals surface area contributed by atoms with Gasteiger partial charge in [-0.2, -0.15) is 5.10 Å². The molecule has 2 heterocycles. The van der Waals surface area contributed by atoms with Crippen LogP contribution in [0.1, 0.15) is 12.6 Å². The fraction of sp³-hybridized carbons (Fsp3) is 0.227. The molecule has 0 radical (unpaired) electrons. The number of methoxy groups -OCH3 is 1. The van der Waals surface area contributed by atoms with E-state index in [4.69, 9.17) is 9.72 Å². The summed E-state index contributed by atoms with van der Waals surface area (Å²) in [6.45, 7) is 4.77. The Morgan fingerprint density at radius 1 is 1.17 bits per heavy atom. The van der Waals surface area contributed by atoms with E-state index in [2.05, 4.69) is 10.4 Å². The molecule has 1 amide bonds. The van der Waals surface area contributed by atoms with Crippen LogP contribution in [0.4, 0.5) is 11.5 Å². The van der Waals surface area contributed by atoms with Gasteiger partial charge in [0.15, 0.2) is 5.65 Å². The lowest BCUT2D eigenvalue weighted by Crippen LogP contribution is -2.34. The van der Waals surface area contributed by atoms with E-state index in [0.717, 1.165) is 28.1 Å². The van der Waals surface area contributed by atoms with Crippen molar-refractivity contribution in [3.05, 3.63) is 60.3 Å². The number of ether oxygens (including phenoxy) is 1. The highest BCUT2D eigenvalue weighted by atomic mass is 16.5. The Bertz CT molecular complexity index is 1180. The number of hydrogen-bond acceptors (Lipinski definition) is 5. The number of likely N-dealkylation sites (N-methyl/N-ethyl adjacent to an activating group) is 1. The zero-order chi connectivity index (χ0) is 20.4. The van der Waals surface area contributed by atoms with Gasteiger partial charge in [0, 0.05) is 18.0 Å². The van der Waals surface area contributed by atoms with Crippen molar-refractivity contribution >= 4 is 34.0 Å². The maximum absolute atomic E-state index is 12.8. The third kappa shape index (κ3) is 3.59. The summed E-state index contributed by atoms with van der Waals surface area (Å²) in [5, 5.41) is 8.43. The van der Waals surface area contributed by atoms with E-state index in [1.807, 2.05) is 77.9 Å². The maximum atomic E-state index is 12.8. The molecule has 0 saturated heterocycles. The summed E-state index contributed by atoms with van der Waals surface area (Å²) in [7, 11) is 1.59. The lowest BCUT2D eigenvalue weighted by molar-refractivity contribution is -0.115. The number of carbonyl (C=O) groups is 1. The van der Waals surface area contributed by atoms with Gasteiger partial charge in [0.2, 0.25) is 5.91 Å². The number of nitrogens with zero attached hydrogens (tertiary/aromatic N) is 4. The largest absolute Gasteiger partial charge is 0.495 e. The van der Waals surface area contributed by atoms with Crippen molar-refractivity contribution in [1.82, 2.24) is 14.6 Å². The molecule has 4 aromatic rings. The third-order valence-corrected chi connectivity index (χ3v) is 4.80. The first-order valence-electron chi connectivity index (χ1n) is 9.53. The number of hydrogen-bond donors (Lipinski definition) is 1. The quantitative estimate of drug-likeness (QED) is 0.545. The number of para-hydroxylation sites is 3. The number of amides is 1. The van der Waals surface area contributed by atoms with Crippen LogP contribution in [0.25, 0.3) is 16.6 Å². The smallest absolute Gasteiger partial charge is 0.244 e. The molecule has 0 aliphatic rings. The van der Waals surface area contributed by atoms with Crippen molar-refractivity contribution in [2.24, 2.45) is 0 Å². The zero-order valence-corrected chi connectivity index (χ0v) is 16.7. The number of carbonyl (C=O) groups excluding carboxylic acids is 1. The zero-order valence-electron chi connectivity index (χ0n) is 16.7. The number of aryl methyl sites for hydroxylation is 1. The summed E-state index contributed by atoms with van der Waals surface area (Å²) < 4.78 is 7.16. The average molecular weight is 389 g/mol. The SMILES string of the molecule is CCN(CC(=O)Nc1ccccc1OC)c1nc2cc(C)nn2c2ccccc12. The molecule has 0 fully saturated rings. The van der Waals surface area contributed by atoms with Crippen LogP contribution in [-0.4, -0.2) is 40.7 Å². The maximum Gasteiger partial charge on any atom is 0.244 e. The Morgan fingerprint density at radius 3 is 2.72 bits per heavy atom. The van der Waals surface area contributed by atoms with Crippen molar-refractivity contribution in [2.45, 2.75) is 13.8 Å². The Labute approximate surface area is 168 Å². The Morgan fingerprint density at radius 2 is 1.93 bits per heavy atom. The second kappa shape index (κ2) is 7.79. The normalized spacial score (nSPS) is 11.0. The standard InChI is InChI=1S/C22H23N5O2/c1-4-26(14-21(28)23-17-10-6-8-12-19(17)29-3)22-16-9-5-7-11-18(16)27-20(24-22)13-15(2)25-27/h5-13H,4,14H2,1-3H3,(H,23,28). The van der Waals surface area contributed by atoms with Gasteiger partial charge in [0.05, 0.1) is 30.6 Å². The predicted octanol–water partition coefficient (Wildman–Crippen LogP) is 3.66. The van der Waals surface area contributed by atoms with Gasteiger partial charge in [-0.3, -0.25) is 4.79 Å². The Hall–Kier alpha value is -3.61. The first-order valence-corrected chi connectivity index (χ1v) is 9.53. The van der Waals surface area contributed by atoms with Gasteiger partial charge in [-0.25, -0.2) is 9.50 Å². The molecule has 0 spiro atoms. The van der Waals surface area contributed by atoms with E-state index in [0.29, 0.717) is 18.0 Å². The van der Waals surface area contributed by atoms with E-state index in [9.17, 15) is 4.79 Å². The molecule has 29 heavy (non-hydrogen) atoms. The molecule has 0 aliphatic heterocycles. The van der Waals surface area contributed by atoms with Gasteiger partial charge >= 0.3 is 0 Å². The van der Waals surface area contributed by atoms with Gasteiger partial charge in [0.25, 0.3) is 0 Å². The minimum absolute atomic E-state index is 0.133. The number of benzene rings is 2. The molecule has 0 atom stereocenters. The minimum atomic E-state index is -0.133. The van der Waals surface area contributed by atoms with E-state index in [1.54, 1.807) is 7.11 Å². The molecule has 148 valence electrons. The minimum Gasteiger partial charge on any atom is -0.495 e. The second-order valence-electron chi connectivity index (χ2n) is 6.77. The Balaban J connectivity index is 1.68. The van der Waals surface area contributed by atoms with E-state index >= 15 is 0 Å². The highest BCUT2D eigenvalue weighted by Gasteiger charge is 2.18. The molecule has 4 rings (SSSR count). The molecular formula is C22H23N5O2. The summed E-state index contributed by atoms with van der Waals surface area (Å²) in [5.74, 6) is 1.26. The fourth-order valence-electron chi connectivity index (χ4n) is 3.45.